The molecule has 1 aliphatic heterocycles. The van der Waals surface area contributed by atoms with Gasteiger partial charge in [0.15, 0.2) is 5.78 Å². The molecular weight excluding hydrogens is 446 g/mol. The zero-order valence-electron chi connectivity index (χ0n) is 19.5. The first kappa shape index (κ1) is 27.3. The van der Waals surface area contributed by atoms with Gasteiger partial charge in [-0.15, -0.1) is 0 Å². The van der Waals surface area contributed by atoms with Crippen molar-refractivity contribution in [3.05, 3.63) is 88.4 Å². The normalized spacial score (nSPS) is 13.4. The van der Waals surface area contributed by atoms with Gasteiger partial charge in [0, 0.05) is 25.2 Å². The highest BCUT2D eigenvalue weighted by Crippen LogP contribution is 2.27. The van der Waals surface area contributed by atoms with Crippen LogP contribution in [0.4, 0.5) is 23.2 Å². The summed E-state index contributed by atoms with van der Waals surface area (Å²) in [6, 6.07) is 10.5. The number of fused-ring (bicyclic) bond motifs is 1. The van der Waals surface area contributed by atoms with Gasteiger partial charge in [-0.3, -0.25) is 4.79 Å². The first-order valence-electron chi connectivity index (χ1n) is 11.1. The van der Waals surface area contributed by atoms with Crippen LogP contribution in [0.5, 0.6) is 0 Å². The van der Waals surface area contributed by atoms with Crippen molar-refractivity contribution in [3.8, 4) is 0 Å². The Morgan fingerprint density at radius 1 is 1.24 bits per heavy atom. The van der Waals surface area contributed by atoms with Crippen molar-refractivity contribution in [2.75, 3.05) is 11.9 Å². The summed E-state index contributed by atoms with van der Waals surface area (Å²) in [5, 5.41) is 6.00. The summed E-state index contributed by atoms with van der Waals surface area (Å²) in [7, 11) is 0. The number of aryl methyl sites for hydroxylation is 1. The highest BCUT2D eigenvalue weighted by Gasteiger charge is 2.31. The number of benzene rings is 2. The zero-order valence-corrected chi connectivity index (χ0v) is 19.5. The van der Waals surface area contributed by atoms with E-state index in [0.29, 0.717) is 18.7 Å². The highest BCUT2D eigenvalue weighted by molar-refractivity contribution is 5.98. The summed E-state index contributed by atoms with van der Waals surface area (Å²) in [5.41, 5.74) is 8.80. The topological polar surface area (TPSA) is 67.1 Å². The summed E-state index contributed by atoms with van der Waals surface area (Å²) in [5.74, 6) is -0.471. The van der Waals surface area contributed by atoms with E-state index in [1.807, 2.05) is 13.0 Å². The molecule has 4 N–H and O–H groups in total. The van der Waals surface area contributed by atoms with Crippen LogP contribution >= 0.6 is 0 Å². The number of nitrogens with two attached hydrogens (primary N) is 1. The Bertz CT molecular complexity index is 1010. The number of hydrogen-bond acceptors (Lipinski definition) is 4. The average Bonchev–Trinajstić information content (AvgIpc) is 2.79. The lowest BCUT2D eigenvalue weighted by Crippen LogP contribution is -2.23. The molecule has 0 radical (unpaired) electrons. The van der Waals surface area contributed by atoms with E-state index < -0.39 is 17.5 Å². The molecule has 1 heterocycles. The second-order valence-electron chi connectivity index (χ2n) is 8.08. The number of Topliss-reactive ketones (excluding diaryl/α,β-unsaturated/α-hetero) is 1. The minimum atomic E-state index is -4.57. The Hall–Kier alpha value is -2.97. The number of carbonyl (C=O) groups excluding carboxylic acids is 1. The van der Waals surface area contributed by atoms with Gasteiger partial charge in [-0.05, 0) is 72.8 Å². The Morgan fingerprint density at radius 3 is 2.62 bits per heavy atom. The molecule has 0 unspecified atom stereocenters. The number of carbonyl (C=O) groups is 1. The molecule has 3 rings (SSSR count). The molecule has 0 fully saturated rings. The SMILES string of the molecule is C=C(/C=C(\Nc1cccc(CN)c1)C(=O)CCC)C(F)(F)F.Cc1cc2c(cc1F)CCNC2. The third-order valence-corrected chi connectivity index (χ3v) is 5.27. The number of nitrogens with one attached hydrogen (secondary N) is 2. The molecule has 184 valence electrons. The zero-order chi connectivity index (χ0) is 25.3. The molecule has 0 amide bonds. The summed E-state index contributed by atoms with van der Waals surface area (Å²) in [6.07, 6.45) is -2.18. The lowest BCUT2D eigenvalue weighted by atomic mass is 9.99. The molecule has 8 heteroatoms. The largest absolute Gasteiger partial charge is 0.415 e. The molecule has 0 aliphatic carbocycles. The van der Waals surface area contributed by atoms with E-state index in [0.717, 1.165) is 42.3 Å². The number of halogens is 4. The predicted octanol–water partition coefficient (Wildman–Crippen LogP) is 5.71. The Balaban J connectivity index is 0.000000283. The van der Waals surface area contributed by atoms with E-state index >= 15 is 0 Å². The fourth-order valence-corrected chi connectivity index (χ4v) is 3.36. The van der Waals surface area contributed by atoms with E-state index in [1.165, 1.54) is 5.56 Å². The molecule has 34 heavy (non-hydrogen) atoms. The van der Waals surface area contributed by atoms with E-state index in [4.69, 9.17) is 5.73 Å². The molecule has 4 nitrogen and oxygen atoms in total. The predicted molar refractivity (Wildman–Crippen MR) is 128 cm³/mol. The molecule has 0 spiro atoms. The average molecular weight is 478 g/mol. The number of anilines is 1. The number of rotatable bonds is 7. The summed E-state index contributed by atoms with van der Waals surface area (Å²) >= 11 is 0. The molecule has 2 aromatic rings. The summed E-state index contributed by atoms with van der Waals surface area (Å²) < 4.78 is 50.9. The maximum atomic E-state index is 13.1. The maximum Gasteiger partial charge on any atom is 0.415 e. The van der Waals surface area contributed by atoms with Gasteiger partial charge >= 0.3 is 6.18 Å². The fourth-order valence-electron chi connectivity index (χ4n) is 3.36. The van der Waals surface area contributed by atoms with Crippen molar-refractivity contribution in [2.45, 2.75) is 52.4 Å². The third kappa shape index (κ3) is 8.11. The van der Waals surface area contributed by atoms with Crippen LogP contribution in [0, 0.1) is 12.7 Å². The van der Waals surface area contributed by atoms with Crippen molar-refractivity contribution >= 4 is 11.5 Å². The molecule has 0 saturated carbocycles. The van der Waals surface area contributed by atoms with Crippen molar-refractivity contribution in [1.29, 1.82) is 0 Å². The number of hydrogen-bond donors (Lipinski definition) is 3. The van der Waals surface area contributed by atoms with Crippen LogP contribution in [0.25, 0.3) is 0 Å². The number of ketones is 1. The van der Waals surface area contributed by atoms with Crippen LogP contribution in [0.2, 0.25) is 0 Å². The van der Waals surface area contributed by atoms with Gasteiger partial charge in [-0.1, -0.05) is 31.7 Å². The molecule has 0 atom stereocenters. The molecule has 1 aliphatic rings. The molecule has 0 aromatic heterocycles. The maximum absolute atomic E-state index is 13.1. The van der Waals surface area contributed by atoms with E-state index in [1.54, 1.807) is 37.3 Å². The molecular formula is C26H31F4N3O. The number of allylic oxidation sites excluding steroid dienone is 3. The second kappa shape index (κ2) is 12.5. The van der Waals surface area contributed by atoms with Gasteiger partial charge in [0.1, 0.15) is 5.82 Å². The first-order valence-corrected chi connectivity index (χ1v) is 11.1. The molecule has 2 aromatic carbocycles. The minimum absolute atomic E-state index is 0.0735. The quantitative estimate of drug-likeness (QED) is 0.272. The van der Waals surface area contributed by atoms with Gasteiger partial charge in [0.2, 0.25) is 0 Å². The Morgan fingerprint density at radius 2 is 1.97 bits per heavy atom. The van der Waals surface area contributed by atoms with Crippen molar-refractivity contribution in [2.24, 2.45) is 5.73 Å². The molecule has 0 bridgehead atoms. The van der Waals surface area contributed by atoms with Crippen LogP contribution in [0.1, 0.15) is 42.0 Å². The van der Waals surface area contributed by atoms with E-state index in [2.05, 4.69) is 17.2 Å². The van der Waals surface area contributed by atoms with Crippen LogP contribution in [0.3, 0.4) is 0 Å². The van der Waals surface area contributed by atoms with Crippen LogP contribution < -0.4 is 16.4 Å². The summed E-state index contributed by atoms with van der Waals surface area (Å²) in [6.45, 7) is 8.71. The standard InChI is InChI=1S/C16H19F3N2O.C10H12FN/c1-3-5-15(22)14(8-11(2)16(17,18)19)21-13-7-4-6-12(9-13)10-20;1-7-4-9-6-12-3-2-8(9)5-10(7)11/h4,6-9,21H,2-3,5,10,20H2,1H3;4-5,12H,2-3,6H2,1H3/b14-8-;. The second-order valence-corrected chi connectivity index (χ2v) is 8.08. The van der Waals surface area contributed by atoms with Crippen LogP contribution in [-0.2, 0) is 24.3 Å². The van der Waals surface area contributed by atoms with E-state index in [-0.39, 0.29) is 17.9 Å². The lowest BCUT2D eigenvalue weighted by Gasteiger charge is -2.17. The van der Waals surface area contributed by atoms with Gasteiger partial charge in [0.25, 0.3) is 0 Å². The minimum Gasteiger partial charge on any atom is -0.353 e. The van der Waals surface area contributed by atoms with Gasteiger partial charge in [-0.25, -0.2) is 4.39 Å². The lowest BCUT2D eigenvalue weighted by molar-refractivity contribution is -0.115. The smallest absolute Gasteiger partial charge is 0.353 e. The van der Waals surface area contributed by atoms with E-state index in [9.17, 15) is 22.4 Å². The van der Waals surface area contributed by atoms with Crippen LogP contribution in [-0.4, -0.2) is 18.5 Å². The van der Waals surface area contributed by atoms with Crippen molar-refractivity contribution in [1.82, 2.24) is 5.32 Å². The van der Waals surface area contributed by atoms with Gasteiger partial charge in [0.05, 0.1) is 11.3 Å². The monoisotopic (exact) mass is 477 g/mol. The Kier molecular flexibility index (Phi) is 10.0. The van der Waals surface area contributed by atoms with Gasteiger partial charge in [-0.2, -0.15) is 13.2 Å². The van der Waals surface area contributed by atoms with Crippen molar-refractivity contribution in [3.63, 3.8) is 0 Å². The number of alkyl halides is 3. The summed E-state index contributed by atoms with van der Waals surface area (Å²) in [4.78, 5) is 12.0. The molecule has 0 saturated heterocycles. The third-order valence-electron chi connectivity index (χ3n) is 5.27. The van der Waals surface area contributed by atoms with Gasteiger partial charge < -0.3 is 16.4 Å². The first-order chi connectivity index (χ1) is 16.0. The van der Waals surface area contributed by atoms with Crippen molar-refractivity contribution < 1.29 is 22.4 Å². The fraction of sp³-hybridized carbons (Fsp3) is 0.346. The highest BCUT2D eigenvalue weighted by atomic mass is 19.4. The Labute approximate surface area is 197 Å². The van der Waals surface area contributed by atoms with Crippen LogP contribution in [0.15, 0.2) is 60.3 Å².